The summed E-state index contributed by atoms with van der Waals surface area (Å²) in [5.74, 6) is 0.769. The van der Waals surface area contributed by atoms with E-state index in [1.807, 2.05) is 55.6 Å². The van der Waals surface area contributed by atoms with E-state index in [9.17, 15) is 4.79 Å². The molecule has 0 aliphatic carbocycles. The molecule has 1 aliphatic heterocycles. The summed E-state index contributed by atoms with van der Waals surface area (Å²) < 4.78 is 0. The molecule has 3 nitrogen and oxygen atoms in total. The zero-order valence-corrected chi connectivity index (χ0v) is 14.7. The number of benzene rings is 2. The van der Waals surface area contributed by atoms with Crippen LogP contribution in [0.15, 0.2) is 54.4 Å². The Labute approximate surface area is 147 Å². The van der Waals surface area contributed by atoms with Crippen LogP contribution in [0, 0.1) is 0 Å². The van der Waals surface area contributed by atoms with Gasteiger partial charge in [0, 0.05) is 12.6 Å². The van der Waals surface area contributed by atoms with Crippen LogP contribution in [0.2, 0.25) is 5.02 Å². The van der Waals surface area contributed by atoms with Gasteiger partial charge in [-0.2, -0.15) is 0 Å². The number of Topliss-reactive ketones (excluding diaryl/α,β-unsaturated/α-hetero) is 1. The Balaban J connectivity index is 2.03. The summed E-state index contributed by atoms with van der Waals surface area (Å²) in [7, 11) is 1.81. The minimum atomic E-state index is -0.380. The van der Waals surface area contributed by atoms with E-state index in [0.29, 0.717) is 10.6 Å². The van der Waals surface area contributed by atoms with Gasteiger partial charge in [-0.3, -0.25) is 4.79 Å². The molecule has 1 unspecified atom stereocenters. The van der Waals surface area contributed by atoms with Crippen molar-refractivity contribution in [3.05, 3.63) is 76.1 Å². The molecule has 0 spiro atoms. The lowest BCUT2D eigenvalue weighted by atomic mass is 9.94. The van der Waals surface area contributed by atoms with E-state index in [2.05, 4.69) is 17.6 Å². The van der Waals surface area contributed by atoms with Crippen LogP contribution < -0.4 is 10.6 Å². The molecule has 2 aromatic carbocycles. The molecule has 1 heterocycles. The predicted molar refractivity (Wildman–Crippen MR) is 98.8 cm³/mol. The Bertz CT molecular complexity index is 783. The number of ketones is 1. The first kappa shape index (κ1) is 16.6. The van der Waals surface area contributed by atoms with Gasteiger partial charge in [0.15, 0.2) is 5.78 Å². The number of carbonyl (C=O) groups excluding carboxylic acids is 1. The van der Waals surface area contributed by atoms with Crippen molar-refractivity contribution in [2.24, 2.45) is 0 Å². The van der Waals surface area contributed by atoms with Crippen LogP contribution in [0.5, 0.6) is 0 Å². The van der Waals surface area contributed by atoms with Gasteiger partial charge in [-0.05, 0) is 17.5 Å². The monoisotopic (exact) mass is 340 g/mol. The van der Waals surface area contributed by atoms with Crippen molar-refractivity contribution in [2.75, 3.05) is 7.05 Å². The summed E-state index contributed by atoms with van der Waals surface area (Å²) in [6.45, 7) is 2.12. The number of hydrogen-bond acceptors (Lipinski definition) is 3. The van der Waals surface area contributed by atoms with E-state index in [0.717, 1.165) is 35.4 Å². The summed E-state index contributed by atoms with van der Waals surface area (Å²) in [6.07, 6.45) is 1.92. The molecular formula is C20H21ClN2O. The molecule has 1 aliphatic rings. The number of halogens is 1. The van der Waals surface area contributed by atoms with Crippen molar-refractivity contribution in [3.8, 4) is 0 Å². The fraction of sp³-hybridized carbons (Fsp3) is 0.250. The summed E-state index contributed by atoms with van der Waals surface area (Å²) >= 11 is 6.61. The van der Waals surface area contributed by atoms with E-state index < -0.39 is 0 Å². The van der Waals surface area contributed by atoms with Crippen LogP contribution in [0.1, 0.15) is 36.1 Å². The fourth-order valence-corrected chi connectivity index (χ4v) is 3.44. The number of rotatable bonds is 5. The van der Waals surface area contributed by atoms with Crippen molar-refractivity contribution in [3.63, 3.8) is 0 Å². The number of carbonyl (C=O) groups is 1. The molecule has 2 N–H and O–H groups in total. The summed E-state index contributed by atoms with van der Waals surface area (Å²) in [4.78, 5) is 13.1. The van der Waals surface area contributed by atoms with Gasteiger partial charge in [0.1, 0.15) is 11.9 Å². The van der Waals surface area contributed by atoms with E-state index in [4.69, 9.17) is 11.6 Å². The maximum atomic E-state index is 13.1. The van der Waals surface area contributed by atoms with Gasteiger partial charge >= 0.3 is 0 Å². The molecule has 124 valence electrons. The molecule has 3 rings (SSSR count). The van der Waals surface area contributed by atoms with Gasteiger partial charge < -0.3 is 10.6 Å². The lowest BCUT2D eigenvalue weighted by molar-refractivity contribution is -0.114. The molecule has 24 heavy (non-hydrogen) atoms. The molecule has 0 saturated heterocycles. The van der Waals surface area contributed by atoms with Crippen LogP contribution >= 0.6 is 11.6 Å². The third kappa shape index (κ3) is 2.92. The molecular weight excluding hydrogens is 320 g/mol. The summed E-state index contributed by atoms with van der Waals surface area (Å²) in [5, 5.41) is 7.08. The Morgan fingerprint density at radius 1 is 1.12 bits per heavy atom. The summed E-state index contributed by atoms with van der Waals surface area (Å²) in [5.41, 5.74) is 3.46. The van der Waals surface area contributed by atoms with Crippen molar-refractivity contribution in [1.82, 2.24) is 10.6 Å². The Kier molecular flexibility index (Phi) is 4.91. The average molecular weight is 341 g/mol. The first-order chi connectivity index (χ1) is 11.7. The van der Waals surface area contributed by atoms with E-state index in [1.54, 1.807) is 0 Å². The first-order valence-corrected chi connectivity index (χ1v) is 8.60. The van der Waals surface area contributed by atoms with Gasteiger partial charge in [-0.1, -0.05) is 73.5 Å². The van der Waals surface area contributed by atoms with E-state index in [-0.39, 0.29) is 11.8 Å². The largest absolute Gasteiger partial charge is 0.374 e. The molecule has 2 aromatic rings. The van der Waals surface area contributed by atoms with Crippen LogP contribution in [0.4, 0.5) is 0 Å². The van der Waals surface area contributed by atoms with Crippen LogP contribution in [-0.4, -0.2) is 12.8 Å². The Morgan fingerprint density at radius 3 is 2.54 bits per heavy atom. The quantitative estimate of drug-likeness (QED) is 0.861. The van der Waals surface area contributed by atoms with Crippen LogP contribution in [-0.2, 0) is 11.2 Å². The lowest BCUT2D eigenvalue weighted by Gasteiger charge is -2.12. The van der Waals surface area contributed by atoms with Crippen LogP contribution in [0.25, 0.3) is 5.57 Å². The second kappa shape index (κ2) is 7.10. The third-order valence-electron chi connectivity index (χ3n) is 4.30. The van der Waals surface area contributed by atoms with E-state index in [1.165, 1.54) is 0 Å². The van der Waals surface area contributed by atoms with Gasteiger partial charge in [0.25, 0.3) is 0 Å². The predicted octanol–water partition coefficient (Wildman–Crippen LogP) is 4.09. The molecule has 0 amide bonds. The zero-order chi connectivity index (χ0) is 17.1. The smallest absolute Gasteiger partial charge is 0.193 e. The van der Waals surface area contributed by atoms with Gasteiger partial charge in [0.05, 0.1) is 10.6 Å². The molecule has 0 bridgehead atoms. The molecule has 1 atom stereocenters. The highest BCUT2D eigenvalue weighted by atomic mass is 35.5. The first-order valence-electron chi connectivity index (χ1n) is 8.22. The van der Waals surface area contributed by atoms with Crippen molar-refractivity contribution < 1.29 is 4.79 Å². The molecule has 4 heteroatoms. The highest BCUT2D eigenvalue weighted by molar-refractivity contribution is 6.37. The second-order valence-corrected chi connectivity index (χ2v) is 6.26. The molecule has 0 fully saturated rings. The third-order valence-corrected chi connectivity index (χ3v) is 4.74. The standard InChI is InChI=1S/C20H21ClN2O/c1-3-8-13-11-7-12-15(17(13)21)16-19(24)18(23-20(16)22-2)14-9-5-4-6-10-14/h4-7,9-12,18,22-23H,3,8H2,1-2H3. The lowest BCUT2D eigenvalue weighted by Crippen LogP contribution is -2.24. The normalized spacial score (nSPS) is 17.1. The number of aryl methyl sites for hydroxylation is 1. The van der Waals surface area contributed by atoms with Crippen molar-refractivity contribution in [2.45, 2.75) is 25.8 Å². The minimum absolute atomic E-state index is 0.0427. The van der Waals surface area contributed by atoms with Gasteiger partial charge in [-0.25, -0.2) is 0 Å². The average Bonchev–Trinajstić information content (AvgIpc) is 2.94. The fourth-order valence-electron chi connectivity index (χ4n) is 3.13. The topological polar surface area (TPSA) is 41.1 Å². The van der Waals surface area contributed by atoms with Crippen LogP contribution in [0.3, 0.4) is 0 Å². The SMILES string of the molecule is CCCc1cccc(C2=C(NC)NC(c3ccccc3)C2=O)c1Cl. The van der Waals surface area contributed by atoms with Crippen molar-refractivity contribution in [1.29, 1.82) is 0 Å². The maximum Gasteiger partial charge on any atom is 0.193 e. The number of nitrogens with one attached hydrogen (secondary N) is 2. The minimum Gasteiger partial charge on any atom is -0.374 e. The summed E-state index contributed by atoms with van der Waals surface area (Å²) in [6, 6.07) is 15.3. The van der Waals surface area contributed by atoms with Crippen molar-refractivity contribution >= 4 is 23.0 Å². The number of hydrogen-bond donors (Lipinski definition) is 2. The van der Waals surface area contributed by atoms with Gasteiger partial charge in [-0.15, -0.1) is 0 Å². The zero-order valence-electron chi connectivity index (χ0n) is 13.9. The highest BCUT2D eigenvalue weighted by Gasteiger charge is 2.35. The molecule has 0 radical (unpaired) electrons. The van der Waals surface area contributed by atoms with Gasteiger partial charge in [0.2, 0.25) is 0 Å². The Morgan fingerprint density at radius 2 is 1.88 bits per heavy atom. The molecule has 0 saturated carbocycles. The second-order valence-electron chi connectivity index (χ2n) is 5.88. The molecule has 0 aromatic heterocycles. The maximum absolute atomic E-state index is 13.1. The Hall–Kier alpha value is -2.26. The highest BCUT2D eigenvalue weighted by Crippen LogP contribution is 2.36. The van der Waals surface area contributed by atoms with E-state index >= 15 is 0 Å².